The lowest BCUT2D eigenvalue weighted by Crippen LogP contribution is -2.43. The monoisotopic (exact) mass is 211 g/mol. The summed E-state index contributed by atoms with van der Waals surface area (Å²) in [5.41, 5.74) is 0. The number of nitrogens with one attached hydrogen (secondary N) is 2. The van der Waals surface area contributed by atoms with Crippen molar-refractivity contribution in [1.29, 1.82) is 0 Å². The number of rotatable bonds is 5. The summed E-state index contributed by atoms with van der Waals surface area (Å²) in [6, 6.07) is 3.42. The largest absolute Gasteiger partial charge is 0.394 e. The van der Waals surface area contributed by atoms with Crippen molar-refractivity contribution < 1.29 is 9.90 Å². The summed E-state index contributed by atoms with van der Waals surface area (Å²) in [6.07, 6.45) is 3.88. The fraction of sp³-hybridized carbons (Fsp3) is 0.500. The Kier molecular flexibility index (Phi) is 4.70. The van der Waals surface area contributed by atoms with E-state index in [-0.39, 0.29) is 18.7 Å². The molecule has 0 saturated carbocycles. The molecule has 0 spiro atoms. The van der Waals surface area contributed by atoms with E-state index in [0.29, 0.717) is 6.54 Å². The van der Waals surface area contributed by atoms with Crippen LogP contribution in [-0.4, -0.2) is 34.9 Å². The predicted octanol–water partition coefficient (Wildman–Crippen LogP) is 0.168. The van der Waals surface area contributed by atoms with Crippen LogP contribution in [0.1, 0.15) is 6.92 Å². The number of aliphatic hydroxyl groups is 1. The van der Waals surface area contributed by atoms with Crippen LogP contribution in [0.25, 0.3) is 0 Å². The Bertz CT molecular complexity index is 285. The van der Waals surface area contributed by atoms with Gasteiger partial charge in [0, 0.05) is 25.5 Å². The van der Waals surface area contributed by atoms with E-state index in [1.54, 1.807) is 6.92 Å². The van der Waals surface area contributed by atoms with E-state index < -0.39 is 0 Å². The smallest absolute Gasteiger partial charge is 0.315 e. The van der Waals surface area contributed by atoms with Gasteiger partial charge in [-0.05, 0) is 19.1 Å². The minimum Gasteiger partial charge on any atom is -0.394 e. The number of urea groups is 1. The van der Waals surface area contributed by atoms with Crippen molar-refractivity contribution in [3.8, 4) is 0 Å². The molecule has 0 bridgehead atoms. The van der Waals surface area contributed by atoms with Gasteiger partial charge in [-0.3, -0.25) is 0 Å². The number of aliphatic hydroxyl groups excluding tert-OH is 1. The molecule has 0 saturated heterocycles. The van der Waals surface area contributed by atoms with Crippen LogP contribution in [0, 0.1) is 0 Å². The molecule has 0 fully saturated rings. The lowest BCUT2D eigenvalue weighted by atomic mass is 10.4. The van der Waals surface area contributed by atoms with Gasteiger partial charge in [-0.25, -0.2) is 4.79 Å². The van der Waals surface area contributed by atoms with Crippen LogP contribution in [-0.2, 0) is 6.54 Å². The molecule has 1 heterocycles. The van der Waals surface area contributed by atoms with Crippen LogP contribution < -0.4 is 10.6 Å². The molecule has 1 aromatic rings. The van der Waals surface area contributed by atoms with Crippen molar-refractivity contribution in [2.45, 2.75) is 19.5 Å². The van der Waals surface area contributed by atoms with Gasteiger partial charge < -0.3 is 20.3 Å². The summed E-state index contributed by atoms with van der Waals surface area (Å²) in [7, 11) is 0. The number of carbonyl (C=O) groups is 1. The van der Waals surface area contributed by atoms with E-state index in [1.807, 2.05) is 29.1 Å². The topological polar surface area (TPSA) is 66.3 Å². The van der Waals surface area contributed by atoms with Crippen LogP contribution in [0.4, 0.5) is 4.79 Å². The van der Waals surface area contributed by atoms with Gasteiger partial charge in [-0.2, -0.15) is 0 Å². The minimum absolute atomic E-state index is 0.0506. The summed E-state index contributed by atoms with van der Waals surface area (Å²) in [5.74, 6) is 0. The molecular formula is C10H17N3O2. The Morgan fingerprint density at radius 1 is 1.47 bits per heavy atom. The first kappa shape index (κ1) is 11.6. The third kappa shape index (κ3) is 4.51. The fourth-order valence-electron chi connectivity index (χ4n) is 1.14. The van der Waals surface area contributed by atoms with Crippen molar-refractivity contribution >= 4 is 6.03 Å². The van der Waals surface area contributed by atoms with Crippen LogP contribution >= 0.6 is 0 Å². The summed E-state index contributed by atoms with van der Waals surface area (Å²) in [4.78, 5) is 11.2. The number of hydrogen-bond acceptors (Lipinski definition) is 2. The molecule has 1 atom stereocenters. The molecule has 15 heavy (non-hydrogen) atoms. The van der Waals surface area contributed by atoms with E-state index in [1.165, 1.54) is 0 Å². The second kappa shape index (κ2) is 6.08. The van der Waals surface area contributed by atoms with Crippen molar-refractivity contribution in [2.24, 2.45) is 0 Å². The van der Waals surface area contributed by atoms with E-state index >= 15 is 0 Å². The Hall–Kier alpha value is -1.49. The zero-order chi connectivity index (χ0) is 11.1. The summed E-state index contributed by atoms with van der Waals surface area (Å²) in [6.45, 7) is 3.00. The number of amides is 2. The Morgan fingerprint density at radius 2 is 2.13 bits per heavy atom. The first-order chi connectivity index (χ1) is 7.22. The van der Waals surface area contributed by atoms with Gasteiger partial charge in [0.25, 0.3) is 0 Å². The third-order valence-corrected chi connectivity index (χ3v) is 1.97. The number of hydrogen-bond donors (Lipinski definition) is 3. The van der Waals surface area contributed by atoms with E-state index in [4.69, 9.17) is 5.11 Å². The zero-order valence-electron chi connectivity index (χ0n) is 8.81. The summed E-state index contributed by atoms with van der Waals surface area (Å²) >= 11 is 0. The minimum atomic E-state index is -0.247. The molecule has 1 unspecified atom stereocenters. The molecule has 3 N–H and O–H groups in total. The molecule has 0 aromatic carbocycles. The predicted molar refractivity (Wildman–Crippen MR) is 57.5 cm³/mol. The van der Waals surface area contributed by atoms with Crippen molar-refractivity contribution in [3.05, 3.63) is 24.5 Å². The maximum atomic E-state index is 11.2. The maximum Gasteiger partial charge on any atom is 0.315 e. The molecule has 5 heteroatoms. The highest BCUT2D eigenvalue weighted by atomic mass is 16.3. The summed E-state index contributed by atoms with van der Waals surface area (Å²) < 4.78 is 1.98. The molecule has 5 nitrogen and oxygen atoms in total. The van der Waals surface area contributed by atoms with Gasteiger partial charge >= 0.3 is 6.03 Å². The van der Waals surface area contributed by atoms with E-state index in [9.17, 15) is 4.79 Å². The Morgan fingerprint density at radius 3 is 2.73 bits per heavy atom. The number of nitrogens with zero attached hydrogens (tertiary/aromatic N) is 1. The van der Waals surface area contributed by atoms with Crippen molar-refractivity contribution in [3.63, 3.8) is 0 Å². The Balaban J connectivity index is 2.12. The highest BCUT2D eigenvalue weighted by molar-refractivity contribution is 5.74. The third-order valence-electron chi connectivity index (χ3n) is 1.97. The average Bonchev–Trinajstić information content (AvgIpc) is 2.70. The molecule has 84 valence electrons. The molecule has 0 aliphatic carbocycles. The van der Waals surface area contributed by atoms with Crippen LogP contribution in [0.5, 0.6) is 0 Å². The van der Waals surface area contributed by atoms with Gasteiger partial charge in [0.05, 0.1) is 12.6 Å². The lowest BCUT2D eigenvalue weighted by Gasteiger charge is -2.12. The Labute approximate surface area is 89.1 Å². The highest BCUT2D eigenvalue weighted by Gasteiger charge is 2.03. The van der Waals surface area contributed by atoms with Gasteiger partial charge in [0.1, 0.15) is 0 Å². The lowest BCUT2D eigenvalue weighted by molar-refractivity contribution is 0.220. The quantitative estimate of drug-likeness (QED) is 0.650. The van der Waals surface area contributed by atoms with Gasteiger partial charge in [0.2, 0.25) is 0 Å². The van der Waals surface area contributed by atoms with Crippen LogP contribution in [0.2, 0.25) is 0 Å². The number of aromatic nitrogens is 1. The van der Waals surface area contributed by atoms with E-state index in [2.05, 4.69) is 10.6 Å². The van der Waals surface area contributed by atoms with Gasteiger partial charge in [-0.1, -0.05) is 0 Å². The molecule has 1 aromatic heterocycles. The van der Waals surface area contributed by atoms with Crippen molar-refractivity contribution in [1.82, 2.24) is 15.2 Å². The molecule has 0 aliphatic rings. The van der Waals surface area contributed by atoms with Gasteiger partial charge in [-0.15, -0.1) is 0 Å². The molecular weight excluding hydrogens is 194 g/mol. The van der Waals surface area contributed by atoms with E-state index in [0.717, 1.165) is 6.54 Å². The zero-order valence-corrected chi connectivity index (χ0v) is 8.81. The summed E-state index contributed by atoms with van der Waals surface area (Å²) in [5, 5.41) is 14.0. The van der Waals surface area contributed by atoms with Crippen molar-refractivity contribution in [2.75, 3.05) is 13.2 Å². The highest BCUT2D eigenvalue weighted by Crippen LogP contribution is 1.88. The van der Waals surface area contributed by atoms with Crippen LogP contribution in [0.3, 0.4) is 0 Å². The number of carbonyl (C=O) groups excluding carboxylic acids is 1. The molecule has 0 radical (unpaired) electrons. The standard InChI is InChI=1S/C10H17N3O2/c1-9(8-14)12-10(15)11-4-7-13-5-2-3-6-13/h2-3,5-6,9,14H,4,7-8H2,1H3,(H2,11,12,15). The molecule has 1 rings (SSSR count). The van der Waals surface area contributed by atoms with Crippen LogP contribution in [0.15, 0.2) is 24.5 Å². The second-order valence-electron chi connectivity index (χ2n) is 3.40. The normalized spacial score (nSPS) is 12.1. The first-order valence-electron chi connectivity index (χ1n) is 4.98. The maximum absolute atomic E-state index is 11.2. The second-order valence-corrected chi connectivity index (χ2v) is 3.40. The SMILES string of the molecule is CC(CO)NC(=O)NCCn1cccc1. The van der Waals surface area contributed by atoms with Gasteiger partial charge in [0.15, 0.2) is 0 Å². The molecule has 0 aliphatic heterocycles. The first-order valence-corrected chi connectivity index (χ1v) is 4.98. The average molecular weight is 211 g/mol. The fourth-order valence-corrected chi connectivity index (χ4v) is 1.14. The molecule has 2 amide bonds.